The van der Waals surface area contributed by atoms with Crippen LogP contribution in [0.4, 0.5) is 5.69 Å². The molecular formula is C16H25NO. The molecule has 1 aliphatic rings. The molecular weight excluding hydrogens is 222 g/mol. The molecule has 1 aromatic carbocycles. The molecule has 0 aliphatic heterocycles. The zero-order chi connectivity index (χ0) is 13.0. The Morgan fingerprint density at radius 3 is 2.39 bits per heavy atom. The van der Waals surface area contributed by atoms with Crippen LogP contribution in [0.25, 0.3) is 0 Å². The van der Waals surface area contributed by atoms with Crippen LogP contribution in [0.2, 0.25) is 0 Å². The fourth-order valence-corrected chi connectivity index (χ4v) is 2.36. The zero-order valence-corrected chi connectivity index (χ0v) is 11.6. The predicted molar refractivity (Wildman–Crippen MR) is 77.0 cm³/mol. The molecule has 0 spiro atoms. The van der Waals surface area contributed by atoms with Gasteiger partial charge in [-0.3, -0.25) is 0 Å². The fourth-order valence-electron chi connectivity index (χ4n) is 2.36. The summed E-state index contributed by atoms with van der Waals surface area (Å²) >= 11 is 0. The number of rotatable bonds is 7. The number of benzene rings is 1. The minimum Gasteiger partial charge on any atom is -0.388 e. The molecule has 18 heavy (non-hydrogen) atoms. The molecule has 1 fully saturated rings. The van der Waals surface area contributed by atoms with Crippen LogP contribution < -0.4 is 4.90 Å². The van der Waals surface area contributed by atoms with Crippen molar-refractivity contribution >= 4 is 5.69 Å². The van der Waals surface area contributed by atoms with Crippen LogP contribution in [0.5, 0.6) is 0 Å². The molecule has 100 valence electrons. The molecule has 2 nitrogen and oxygen atoms in total. The van der Waals surface area contributed by atoms with Crippen molar-refractivity contribution in [1.29, 1.82) is 0 Å². The first kappa shape index (κ1) is 13.4. The summed E-state index contributed by atoms with van der Waals surface area (Å²) in [5.41, 5.74) is 2.35. The first-order valence-electron chi connectivity index (χ1n) is 7.31. The van der Waals surface area contributed by atoms with Gasteiger partial charge < -0.3 is 10.0 Å². The standard InChI is InChI=1S/C16H25NO/c1-3-5-12-17(15-10-11-15)14-8-6-13(7-9-14)16(18)4-2/h6-9,15-16,18H,3-5,10-12H2,1-2H3/t16-/m0/s1. The van der Waals surface area contributed by atoms with Gasteiger partial charge in [-0.2, -0.15) is 0 Å². The van der Waals surface area contributed by atoms with Gasteiger partial charge in [-0.15, -0.1) is 0 Å². The van der Waals surface area contributed by atoms with Crippen molar-refractivity contribution in [1.82, 2.24) is 0 Å². The Labute approximate surface area is 111 Å². The van der Waals surface area contributed by atoms with E-state index in [1.54, 1.807) is 0 Å². The summed E-state index contributed by atoms with van der Waals surface area (Å²) in [6.07, 6.45) is 5.64. The second-order valence-electron chi connectivity index (χ2n) is 5.29. The van der Waals surface area contributed by atoms with E-state index >= 15 is 0 Å². The van der Waals surface area contributed by atoms with Crippen LogP contribution in [0.15, 0.2) is 24.3 Å². The van der Waals surface area contributed by atoms with Gasteiger partial charge in [0.25, 0.3) is 0 Å². The number of hydrogen-bond donors (Lipinski definition) is 1. The Bertz CT molecular complexity index is 356. The summed E-state index contributed by atoms with van der Waals surface area (Å²) in [5, 5.41) is 9.81. The van der Waals surface area contributed by atoms with Crippen molar-refractivity contribution < 1.29 is 5.11 Å². The Kier molecular flexibility index (Phi) is 4.65. The maximum Gasteiger partial charge on any atom is 0.0787 e. The maximum absolute atomic E-state index is 9.81. The monoisotopic (exact) mass is 247 g/mol. The minimum absolute atomic E-state index is 0.316. The summed E-state index contributed by atoms with van der Waals surface area (Å²) < 4.78 is 0. The first-order chi connectivity index (χ1) is 8.76. The number of hydrogen-bond acceptors (Lipinski definition) is 2. The van der Waals surface area contributed by atoms with E-state index < -0.39 is 0 Å². The quantitative estimate of drug-likeness (QED) is 0.790. The van der Waals surface area contributed by atoms with Crippen molar-refractivity contribution in [3.63, 3.8) is 0 Å². The smallest absolute Gasteiger partial charge is 0.0787 e. The van der Waals surface area contributed by atoms with Crippen LogP contribution in [-0.4, -0.2) is 17.7 Å². The van der Waals surface area contributed by atoms with E-state index in [-0.39, 0.29) is 6.10 Å². The van der Waals surface area contributed by atoms with Crippen molar-refractivity contribution in [3.8, 4) is 0 Å². The summed E-state index contributed by atoms with van der Waals surface area (Å²) in [4.78, 5) is 2.53. The molecule has 0 radical (unpaired) electrons. The van der Waals surface area contributed by atoms with Crippen molar-refractivity contribution in [2.24, 2.45) is 0 Å². The third kappa shape index (κ3) is 3.26. The third-order valence-electron chi connectivity index (χ3n) is 3.74. The fraction of sp³-hybridized carbons (Fsp3) is 0.625. The normalized spacial score (nSPS) is 16.6. The van der Waals surface area contributed by atoms with Crippen LogP contribution >= 0.6 is 0 Å². The van der Waals surface area contributed by atoms with Gasteiger partial charge in [0.2, 0.25) is 0 Å². The van der Waals surface area contributed by atoms with Crippen molar-refractivity contribution in [2.45, 2.75) is 58.1 Å². The molecule has 2 heteroatoms. The van der Waals surface area contributed by atoms with Crippen LogP contribution in [-0.2, 0) is 0 Å². The number of nitrogens with zero attached hydrogens (tertiary/aromatic N) is 1. The Balaban J connectivity index is 2.05. The average Bonchev–Trinajstić information content (AvgIpc) is 3.24. The lowest BCUT2D eigenvalue weighted by Crippen LogP contribution is -2.26. The third-order valence-corrected chi connectivity index (χ3v) is 3.74. The predicted octanol–water partition coefficient (Wildman–Crippen LogP) is 3.90. The molecule has 0 heterocycles. The van der Waals surface area contributed by atoms with Gasteiger partial charge in [-0.05, 0) is 43.4 Å². The van der Waals surface area contributed by atoms with Crippen LogP contribution in [0, 0.1) is 0 Å². The lowest BCUT2D eigenvalue weighted by Gasteiger charge is -2.25. The van der Waals surface area contributed by atoms with E-state index in [1.807, 2.05) is 6.92 Å². The average molecular weight is 247 g/mol. The van der Waals surface area contributed by atoms with Gasteiger partial charge in [-0.25, -0.2) is 0 Å². The van der Waals surface area contributed by atoms with E-state index in [4.69, 9.17) is 0 Å². The minimum atomic E-state index is -0.316. The SMILES string of the molecule is CCCCN(c1ccc([C@@H](O)CC)cc1)C1CC1. The van der Waals surface area contributed by atoms with E-state index in [1.165, 1.54) is 31.4 Å². The molecule has 0 amide bonds. The van der Waals surface area contributed by atoms with Gasteiger partial charge >= 0.3 is 0 Å². The van der Waals surface area contributed by atoms with Gasteiger partial charge in [0.1, 0.15) is 0 Å². The molecule has 0 saturated heterocycles. The van der Waals surface area contributed by atoms with Gasteiger partial charge in [0.15, 0.2) is 0 Å². The molecule has 0 bridgehead atoms. The molecule has 0 unspecified atom stereocenters. The van der Waals surface area contributed by atoms with Crippen LogP contribution in [0.3, 0.4) is 0 Å². The molecule has 1 aromatic rings. The van der Waals surface area contributed by atoms with E-state index in [9.17, 15) is 5.11 Å². The lowest BCUT2D eigenvalue weighted by molar-refractivity contribution is 0.173. The van der Waals surface area contributed by atoms with Crippen molar-refractivity contribution in [3.05, 3.63) is 29.8 Å². The van der Waals surface area contributed by atoms with Crippen LogP contribution in [0.1, 0.15) is 57.6 Å². The summed E-state index contributed by atoms with van der Waals surface area (Å²) in [7, 11) is 0. The second-order valence-corrected chi connectivity index (χ2v) is 5.29. The molecule has 1 aliphatic carbocycles. The number of anilines is 1. The lowest BCUT2D eigenvalue weighted by atomic mass is 10.1. The zero-order valence-electron chi connectivity index (χ0n) is 11.6. The molecule has 1 N–H and O–H groups in total. The Morgan fingerprint density at radius 1 is 1.22 bits per heavy atom. The van der Waals surface area contributed by atoms with Crippen molar-refractivity contribution in [2.75, 3.05) is 11.4 Å². The Hall–Kier alpha value is -1.02. The molecule has 0 aromatic heterocycles. The van der Waals surface area contributed by atoms with E-state index in [2.05, 4.69) is 36.1 Å². The van der Waals surface area contributed by atoms with E-state index in [0.717, 1.165) is 24.6 Å². The van der Waals surface area contributed by atoms with E-state index in [0.29, 0.717) is 0 Å². The second kappa shape index (κ2) is 6.24. The first-order valence-corrected chi connectivity index (χ1v) is 7.31. The highest BCUT2D eigenvalue weighted by atomic mass is 16.3. The topological polar surface area (TPSA) is 23.5 Å². The number of aliphatic hydroxyl groups is 1. The van der Waals surface area contributed by atoms with Gasteiger partial charge in [-0.1, -0.05) is 32.4 Å². The van der Waals surface area contributed by atoms with Gasteiger partial charge in [0, 0.05) is 18.3 Å². The van der Waals surface area contributed by atoms with Gasteiger partial charge in [0.05, 0.1) is 6.10 Å². The molecule has 1 atom stereocenters. The highest BCUT2D eigenvalue weighted by molar-refractivity contribution is 5.50. The summed E-state index contributed by atoms with van der Waals surface area (Å²) in [6.45, 7) is 5.42. The number of aliphatic hydroxyl groups excluding tert-OH is 1. The summed E-state index contributed by atoms with van der Waals surface area (Å²) in [5.74, 6) is 0. The largest absolute Gasteiger partial charge is 0.388 e. The molecule has 2 rings (SSSR count). The Morgan fingerprint density at radius 2 is 1.89 bits per heavy atom. The maximum atomic E-state index is 9.81. The highest BCUT2D eigenvalue weighted by Crippen LogP contribution is 2.32. The number of unbranched alkanes of at least 4 members (excludes halogenated alkanes) is 1. The summed E-state index contributed by atoms with van der Waals surface area (Å²) in [6, 6.07) is 9.25. The molecule has 1 saturated carbocycles. The highest BCUT2D eigenvalue weighted by Gasteiger charge is 2.28.